The maximum Gasteiger partial charge on any atom is 0.138 e. The van der Waals surface area contributed by atoms with Crippen LogP contribution >= 0.6 is 0 Å². The van der Waals surface area contributed by atoms with E-state index in [9.17, 15) is 0 Å². The van der Waals surface area contributed by atoms with Crippen LogP contribution in [0.15, 0.2) is 6.33 Å². The minimum Gasteiger partial charge on any atom is -0.377 e. The summed E-state index contributed by atoms with van der Waals surface area (Å²) in [5.74, 6) is 7.40. The minimum absolute atomic E-state index is 0.0857. The molecule has 2 atom stereocenters. The number of hydrogen-bond donors (Lipinski definition) is 2. The van der Waals surface area contributed by atoms with Crippen LogP contribution in [0.3, 0.4) is 0 Å². The number of nitrogens with two attached hydrogens (primary N) is 1. The molecule has 0 amide bonds. The van der Waals surface area contributed by atoms with Gasteiger partial charge in [0.15, 0.2) is 0 Å². The Morgan fingerprint density at radius 3 is 2.76 bits per heavy atom. The van der Waals surface area contributed by atoms with Gasteiger partial charge < -0.3 is 4.74 Å². The predicted molar refractivity (Wildman–Crippen MR) is 82.5 cm³/mol. The van der Waals surface area contributed by atoms with Crippen molar-refractivity contribution in [2.75, 3.05) is 6.61 Å². The van der Waals surface area contributed by atoms with Crippen LogP contribution < -0.4 is 11.3 Å². The van der Waals surface area contributed by atoms with Gasteiger partial charge in [-0.2, -0.15) is 5.10 Å². The minimum atomic E-state index is 0.0857. The smallest absolute Gasteiger partial charge is 0.138 e. The van der Waals surface area contributed by atoms with E-state index in [0.29, 0.717) is 5.92 Å². The molecule has 120 valence electrons. The van der Waals surface area contributed by atoms with Crippen molar-refractivity contribution in [1.82, 2.24) is 20.2 Å². The van der Waals surface area contributed by atoms with E-state index in [-0.39, 0.29) is 12.1 Å². The number of ether oxygens (including phenoxy) is 1. The molecule has 1 heterocycles. The molecule has 1 aromatic heterocycles. The summed E-state index contributed by atoms with van der Waals surface area (Å²) in [6, 6.07) is 0.0857. The Kier molecular flexibility index (Phi) is 6.60. The molecule has 0 bridgehead atoms. The topological polar surface area (TPSA) is 78.0 Å². The normalized spacial score (nSPS) is 19.6. The van der Waals surface area contributed by atoms with Crippen molar-refractivity contribution in [3.63, 3.8) is 0 Å². The number of hydrogen-bond acceptors (Lipinski definition) is 5. The molecule has 0 saturated heterocycles. The lowest BCUT2D eigenvalue weighted by Crippen LogP contribution is -2.50. The molecule has 1 fully saturated rings. The van der Waals surface area contributed by atoms with Gasteiger partial charge in [0.25, 0.3) is 0 Å². The zero-order valence-corrected chi connectivity index (χ0v) is 13.3. The van der Waals surface area contributed by atoms with Gasteiger partial charge in [-0.1, -0.05) is 19.3 Å². The van der Waals surface area contributed by atoms with Crippen LogP contribution in [0.5, 0.6) is 0 Å². The molecule has 6 heteroatoms. The van der Waals surface area contributed by atoms with E-state index in [4.69, 9.17) is 10.6 Å². The number of nitrogens with one attached hydrogen (secondary N) is 1. The molecule has 6 nitrogen and oxygen atoms in total. The average molecular weight is 295 g/mol. The molecular weight excluding hydrogens is 266 g/mol. The third-order valence-electron chi connectivity index (χ3n) is 4.48. The molecule has 2 rings (SSSR count). The highest BCUT2D eigenvalue weighted by atomic mass is 16.5. The maximum absolute atomic E-state index is 6.06. The lowest BCUT2D eigenvalue weighted by atomic mass is 9.82. The summed E-state index contributed by atoms with van der Waals surface area (Å²) in [5, 5.41) is 4.24. The zero-order chi connectivity index (χ0) is 15.1. The van der Waals surface area contributed by atoms with Gasteiger partial charge in [-0.3, -0.25) is 16.0 Å². The fourth-order valence-corrected chi connectivity index (χ4v) is 3.41. The van der Waals surface area contributed by atoms with Gasteiger partial charge in [0.05, 0.1) is 12.1 Å². The molecule has 1 aromatic rings. The van der Waals surface area contributed by atoms with Crippen molar-refractivity contribution in [2.24, 2.45) is 11.8 Å². The molecule has 1 saturated carbocycles. The Bertz CT molecular complexity index is 403. The first kappa shape index (κ1) is 16.4. The summed E-state index contributed by atoms with van der Waals surface area (Å²) in [6.45, 7) is 5.68. The molecule has 0 aliphatic heterocycles. The molecule has 1 aliphatic carbocycles. The van der Waals surface area contributed by atoms with Crippen LogP contribution in [0.2, 0.25) is 0 Å². The molecule has 0 radical (unpaired) electrons. The highest BCUT2D eigenvalue weighted by Gasteiger charge is 2.31. The van der Waals surface area contributed by atoms with E-state index in [1.807, 2.05) is 4.68 Å². The molecule has 2 unspecified atom stereocenters. The first-order chi connectivity index (χ1) is 10.3. The predicted octanol–water partition coefficient (Wildman–Crippen LogP) is 1.66. The standard InChI is InChI=1S/C15H29N5O/c1-3-20-14(17-11-18-20)10-13(19-16)15(21-4-2)12-8-6-5-7-9-12/h11-13,15,19H,3-10,16H2,1-2H3. The van der Waals surface area contributed by atoms with Gasteiger partial charge in [0, 0.05) is 19.6 Å². The molecule has 1 aliphatic rings. The van der Waals surface area contributed by atoms with Crippen LogP contribution in [0.4, 0.5) is 0 Å². The lowest BCUT2D eigenvalue weighted by molar-refractivity contribution is -0.0180. The second kappa shape index (κ2) is 8.46. The van der Waals surface area contributed by atoms with Crippen molar-refractivity contribution in [3.05, 3.63) is 12.2 Å². The van der Waals surface area contributed by atoms with E-state index >= 15 is 0 Å². The summed E-state index contributed by atoms with van der Waals surface area (Å²) in [6.07, 6.45) is 8.95. The number of hydrazine groups is 1. The van der Waals surface area contributed by atoms with Gasteiger partial charge >= 0.3 is 0 Å². The molecular formula is C15H29N5O. The monoisotopic (exact) mass is 295 g/mol. The average Bonchev–Trinajstić information content (AvgIpc) is 2.98. The van der Waals surface area contributed by atoms with Crippen molar-refractivity contribution in [2.45, 2.75) is 71.1 Å². The van der Waals surface area contributed by atoms with E-state index < -0.39 is 0 Å². The van der Waals surface area contributed by atoms with E-state index in [2.05, 4.69) is 29.4 Å². The molecule has 0 spiro atoms. The highest BCUT2D eigenvalue weighted by Crippen LogP contribution is 2.30. The van der Waals surface area contributed by atoms with Crippen molar-refractivity contribution < 1.29 is 4.74 Å². The van der Waals surface area contributed by atoms with Crippen molar-refractivity contribution in [1.29, 1.82) is 0 Å². The Hall–Kier alpha value is -0.980. The molecule has 21 heavy (non-hydrogen) atoms. The summed E-state index contributed by atoms with van der Waals surface area (Å²) in [7, 11) is 0. The van der Waals surface area contributed by atoms with Crippen LogP contribution in [0, 0.1) is 5.92 Å². The van der Waals surface area contributed by atoms with Gasteiger partial charge in [-0.05, 0) is 32.6 Å². The quantitative estimate of drug-likeness (QED) is 0.563. The van der Waals surface area contributed by atoms with E-state index in [1.165, 1.54) is 32.1 Å². The highest BCUT2D eigenvalue weighted by molar-refractivity contribution is 4.94. The Morgan fingerprint density at radius 1 is 1.38 bits per heavy atom. The largest absolute Gasteiger partial charge is 0.377 e. The Balaban J connectivity index is 2.07. The molecule has 0 aromatic carbocycles. The van der Waals surface area contributed by atoms with Crippen LogP contribution in [0.1, 0.15) is 51.8 Å². The maximum atomic E-state index is 6.06. The summed E-state index contributed by atoms with van der Waals surface area (Å²) in [4.78, 5) is 4.36. The number of nitrogens with zero attached hydrogens (tertiary/aromatic N) is 3. The Labute approximate surface area is 127 Å². The fraction of sp³-hybridized carbons (Fsp3) is 0.867. The Morgan fingerprint density at radius 2 is 2.14 bits per heavy atom. The van der Waals surface area contributed by atoms with Gasteiger partial charge in [0.2, 0.25) is 0 Å². The van der Waals surface area contributed by atoms with Gasteiger partial charge in [-0.15, -0.1) is 0 Å². The van der Waals surface area contributed by atoms with Crippen LogP contribution in [-0.4, -0.2) is 33.5 Å². The number of aromatic nitrogens is 3. The first-order valence-corrected chi connectivity index (χ1v) is 8.24. The first-order valence-electron chi connectivity index (χ1n) is 8.24. The SMILES string of the molecule is CCOC(C1CCCCC1)C(Cc1ncnn1CC)NN. The molecule has 3 N–H and O–H groups in total. The van der Waals surface area contributed by atoms with Crippen LogP contribution in [-0.2, 0) is 17.7 Å². The third kappa shape index (κ3) is 4.25. The second-order valence-electron chi connectivity index (χ2n) is 5.79. The third-order valence-corrected chi connectivity index (χ3v) is 4.48. The fourth-order valence-electron chi connectivity index (χ4n) is 3.41. The zero-order valence-electron chi connectivity index (χ0n) is 13.3. The second-order valence-corrected chi connectivity index (χ2v) is 5.79. The lowest BCUT2D eigenvalue weighted by Gasteiger charge is -2.35. The number of rotatable bonds is 8. The summed E-state index contributed by atoms with van der Waals surface area (Å²) >= 11 is 0. The van der Waals surface area contributed by atoms with E-state index in [0.717, 1.165) is 25.4 Å². The van der Waals surface area contributed by atoms with Gasteiger partial charge in [-0.25, -0.2) is 4.98 Å². The van der Waals surface area contributed by atoms with Crippen LogP contribution in [0.25, 0.3) is 0 Å². The summed E-state index contributed by atoms with van der Waals surface area (Å²) in [5.41, 5.74) is 2.97. The van der Waals surface area contributed by atoms with Crippen molar-refractivity contribution in [3.8, 4) is 0 Å². The van der Waals surface area contributed by atoms with Gasteiger partial charge in [0.1, 0.15) is 12.2 Å². The van der Waals surface area contributed by atoms with E-state index in [1.54, 1.807) is 6.33 Å². The summed E-state index contributed by atoms with van der Waals surface area (Å²) < 4.78 is 7.98. The number of aryl methyl sites for hydroxylation is 1. The van der Waals surface area contributed by atoms with Crippen molar-refractivity contribution >= 4 is 0 Å².